The van der Waals surface area contributed by atoms with Crippen LogP contribution in [0.4, 0.5) is 11.8 Å². The molecular weight excluding hydrogens is 330 g/mol. The van der Waals surface area contributed by atoms with Gasteiger partial charge in [0.1, 0.15) is 5.82 Å². The van der Waals surface area contributed by atoms with Gasteiger partial charge in [0, 0.05) is 48.8 Å². The molecule has 1 fully saturated rings. The number of nitrogens with one attached hydrogen (secondary N) is 3. The maximum absolute atomic E-state index is 9.05. The van der Waals surface area contributed by atoms with Crippen molar-refractivity contribution in [2.24, 2.45) is 0 Å². The number of ether oxygens (including phenoxy) is 1. The first kappa shape index (κ1) is 16.8. The average Bonchev–Trinajstić information content (AvgIpc) is 3.36. The van der Waals surface area contributed by atoms with E-state index in [0.717, 1.165) is 30.1 Å². The van der Waals surface area contributed by atoms with E-state index in [9.17, 15) is 0 Å². The van der Waals surface area contributed by atoms with E-state index in [4.69, 9.17) is 9.84 Å². The summed E-state index contributed by atoms with van der Waals surface area (Å²) in [6.07, 6.45) is 2.92. The van der Waals surface area contributed by atoms with E-state index in [1.165, 1.54) is 10.9 Å². The predicted octanol–water partition coefficient (Wildman–Crippen LogP) is 2.48. The SMILES string of the molecule is OCCNc1nc(NCc2cccc3[nH]ccc23)cc([C@H]2CCOC2)n1. The third kappa shape index (κ3) is 3.63. The lowest BCUT2D eigenvalue weighted by Gasteiger charge is -2.14. The van der Waals surface area contributed by atoms with Crippen LogP contribution in [0.2, 0.25) is 0 Å². The van der Waals surface area contributed by atoms with Gasteiger partial charge in [-0.25, -0.2) is 4.98 Å². The van der Waals surface area contributed by atoms with Crippen LogP contribution in [0.1, 0.15) is 23.6 Å². The summed E-state index contributed by atoms with van der Waals surface area (Å²) in [4.78, 5) is 12.4. The molecule has 7 nitrogen and oxygen atoms in total. The molecule has 7 heteroatoms. The van der Waals surface area contributed by atoms with Crippen molar-refractivity contribution in [3.63, 3.8) is 0 Å². The van der Waals surface area contributed by atoms with Crippen LogP contribution in [0.25, 0.3) is 10.9 Å². The Bertz CT molecular complexity index is 873. The fourth-order valence-corrected chi connectivity index (χ4v) is 3.27. The zero-order chi connectivity index (χ0) is 17.8. The number of aliphatic hydroxyl groups is 1. The number of anilines is 2. The molecule has 0 radical (unpaired) electrons. The Labute approximate surface area is 151 Å². The van der Waals surface area contributed by atoms with Crippen molar-refractivity contribution in [2.75, 3.05) is 37.0 Å². The van der Waals surface area contributed by atoms with Gasteiger partial charge in [0.15, 0.2) is 0 Å². The number of nitrogens with zero attached hydrogens (tertiary/aromatic N) is 2. The van der Waals surface area contributed by atoms with E-state index in [0.29, 0.717) is 31.6 Å². The van der Waals surface area contributed by atoms with Crippen molar-refractivity contribution in [1.82, 2.24) is 15.0 Å². The fourth-order valence-electron chi connectivity index (χ4n) is 3.27. The van der Waals surface area contributed by atoms with E-state index >= 15 is 0 Å². The number of H-pyrrole nitrogens is 1. The van der Waals surface area contributed by atoms with Crippen molar-refractivity contribution < 1.29 is 9.84 Å². The van der Waals surface area contributed by atoms with Crippen LogP contribution < -0.4 is 10.6 Å². The molecule has 2 aromatic heterocycles. The summed E-state index contributed by atoms with van der Waals surface area (Å²) in [7, 11) is 0. The number of benzene rings is 1. The number of aromatic nitrogens is 3. The molecule has 0 amide bonds. The first-order valence-corrected chi connectivity index (χ1v) is 8.94. The second kappa shape index (κ2) is 7.72. The van der Waals surface area contributed by atoms with Crippen LogP contribution >= 0.6 is 0 Å². The third-order valence-corrected chi connectivity index (χ3v) is 4.63. The van der Waals surface area contributed by atoms with Crippen LogP contribution in [0, 0.1) is 0 Å². The van der Waals surface area contributed by atoms with Crippen LogP contribution in [0.3, 0.4) is 0 Å². The summed E-state index contributed by atoms with van der Waals surface area (Å²) in [5.41, 5.74) is 3.30. The third-order valence-electron chi connectivity index (χ3n) is 4.63. The molecule has 136 valence electrons. The van der Waals surface area contributed by atoms with Gasteiger partial charge in [-0.15, -0.1) is 0 Å². The van der Waals surface area contributed by atoms with Gasteiger partial charge in [-0.3, -0.25) is 0 Å². The van der Waals surface area contributed by atoms with Gasteiger partial charge in [-0.1, -0.05) is 12.1 Å². The van der Waals surface area contributed by atoms with Gasteiger partial charge < -0.3 is 25.5 Å². The maximum atomic E-state index is 9.05. The maximum Gasteiger partial charge on any atom is 0.224 e. The number of aliphatic hydroxyl groups excluding tert-OH is 1. The number of hydrogen-bond acceptors (Lipinski definition) is 6. The lowest BCUT2D eigenvalue weighted by atomic mass is 10.0. The summed E-state index contributed by atoms with van der Waals surface area (Å²) >= 11 is 0. The molecule has 1 aromatic carbocycles. The standard InChI is InChI=1S/C19H23N5O2/c25-8-7-21-19-23-17(14-5-9-26-12-14)10-18(24-19)22-11-13-2-1-3-16-15(13)4-6-20-16/h1-4,6,10,14,20,25H,5,7-9,11-12H2,(H2,21,22,23,24)/t14-/m0/s1. The van der Waals surface area contributed by atoms with Crippen LogP contribution in [0.15, 0.2) is 36.5 Å². The van der Waals surface area contributed by atoms with Crippen LogP contribution in [0.5, 0.6) is 0 Å². The summed E-state index contributed by atoms with van der Waals surface area (Å²) in [5.74, 6) is 1.60. The molecule has 4 rings (SSSR count). The molecule has 1 aliphatic rings. The molecule has 0 unspecified atom stereocenters. The van der Waals surface area contributed by atoms with E-state index in [-0.39, 0.29) is 6.61 Å². The molecule has 4 N–H and O–H groups in total. The Morgan fingerprint density at radius 2 is 2.19 bits per heavy atom. The number of hydrogen-bond donors (Lipinski definition) is 4. The molecule has 0 spiro atoms. The second-order valence-corrected chi connectivity index (χ2v) is 6.42. The fraction of sp³-hybridized carbons (Fsp3) is 0.368. The Kier molecular flexibility index (Phi) is 4.99. The number of aromatic amines is 1. The Hall–Kier alpha value is -2.64. The highest BCUT2D eigenvalue weighted by Crippen LogP contribution is 2.26. The van der Waals surface area contributed by atoms with E-state index in [2.05, 4.69) is 43.8 Å². The summed E-state index contributed by atoms with van der Waals surface area (Å²) in [6, 6.07) is 10.3. The number of rotatable bonds is 7. The van der Waals surface area contributed by atoms with Crippen molar-refractivity contribution >= 4 is 22.7 Å². The van der Waals surface area contributed by atoms with Crippen molar-refractivity contribution in [3.8, 4) is 0 Å². The molecule has 1 atom stereocenters. The van der Waals surface area contributed by atoms with E-state index < -0.39 is 0 Å². The zero-order valence-corrected chi connectivity index (χ0v) is 14.5. The van der Waals surface area contributed by atoms with Gasteiger partial charge in [-0.05, 0) is 24.1 Å². The molecule has 0 saturated carbocycles. The summed E-state index contributed by atoms with van der Waals surface area (Å²) in [5, 5.41) is 16.7. The summed E-state index contributed by atoms with van der Waals surface area (Å²) < 4.78 is 5.50. The van der Waals surface area contributed by atoms with Crippen molar-refractivity contribution in [1.29, 1.82) is 0 Å². The Morgan fingerprint density at radius 3 is 3.04 bits per heavy atom. The highest BCUT2D eigenvalue weighted by molar-refractivity contribution is 5.83. The molecule has 1 aliphatic heterocycles. The minimum atomic E-state index is 0.0401. The largest absolute Gasteiger partial charge is 0.395 e. The molecule has 3 heterocycles. The molecule has 1 saturated heterocycles. The predicted molar refractivity (Wildman–Crippen MR) is 101 cm³/mol. The minimum absolute atomic E-state index is 0.0401. The monoisotopic (exact) mass is 353 g/mol. The summed E-state index contributed by atoms with van der Waals surface area (Å²) in [6.45, 7) is 2.60. The van der Waals surface area contributed by atoms with Gasteiger partial charge in [0.25, 0.3) is 0 Å². The number of fused-ring (bicyclic) bond motifs is 1. The molecular formula is C19H23N5O2. The molecule has 0 aliphatic carbocycles. The lowest BCUT2D eigenvalue weighted by Crippen LogP contribution is -2.13. The smallest absolute Gasteiger partial charge is 0.224 e. The molecule has 26 heavy (non-hydrogen) atoms. The highest BCUT2D eigenvalue weighted by Gasteiger charge is 2.20. The lowest BCUT2D eigenvalue weighted by molar-refractivity contribution is 0.193. The first-order chi connectivity index (χ1) is 12.8. The van der Waals surface area contributed by atoms with E-state index in [1.807, 2.05) is 18.3 Å². The highest BCUT2D eigenvalue weighted by atomic mass is 16.5. The molecule has 3 aromatic rings. The quantitative estimate of drug-likeness (QED) is 0.521. The van der Waals surface area contributed by atoms with Crippen molar-refractivity contribution in [2.45, 2.75) is 18.9 Å². The van der Waals surface area contributed by atoms with Gasteiger partial charge in [0.2, 0.25) is 5.95 Å². The van der Waals surface area contributed by atoms with Crippen molar-refractivity contribution in [3.05, 3.63) is 47.8 Å². The normalized spacial score (nSPS) is 16.9. The molecule has 0 bridgehead atoms. The van der Waals surface area contributed by atoms with Gasteiger partial charge in [-0.2, -0.15) is 4.98 Å². The van der Waals surface area contributed by atoms with Gasteiger partial charge in [0.05, 0.1) is 18.9 Å². The first-order valence-electron chi connectivity index (χ1n) is 8.94. The second-order valence-electron chi connectivity index (χ2n) is 6.42. The van der Waals surface area contributed by atoms with E-state index in [1.54, 1.807) is 0 Å². The minimum Gasteiger partial charge on any atom is -0.395 e. The average molecular weight is 353 g/mol. The van der Waals surface area contributed by atoms with Crippen LogP contribution in [-0.4, -0.2) is 46.4 Å². The Morgan fingerprint density at radius 1 is 1.23 bits per heavy atom. The van der Waals surface area contributed by atoms with Crippen LogP contribution in [-0.2, 0) is 11.3 Å². The topological polar surface area (TPSA) is 95.1 Å². The van der Waals surface area contributed by atoms with Gasteiger partial charge >= 0.3 is 0 Å². The Balaban J connectivity index is 1.56. The zero-order valence-electron chi connectivity index (χ0n) is 14.5.